The molecule has 5 rings (SSSR count). The summed E-state index contributed by atoms with van der Waals surface area (Å²) in [7, 11) is 0. The molecular weight excluding hydrogens is 428 g/mol. The topological polar surface area (TPSA) is 85.5 Å². The average Bonchev–Trinajstić information content (AvgIpc) is 3.32. The molecule has 2 aliphatic heterocycles. The van der Waals surface area contributed by atoms with Gasteiger partial charge in [-0.05, 0) is 48.9 Å². The lowest BCUT2D eigenvalue weighted by atomic mass is 9.91. The highest BCUT2D eigenvalue weighted by Gasteiger charge is 2.28. The molecule has 3 aromatic rings. The van der Waals surface area contributed by atoms with E-state index in [0.29, 0.717) is 48.6 Å². The number of piperidine rings is 1. The Bertz CT molecular complexity index is 1200. The zero-order chi connectivity index (χ0) is 23.5. The molecule has 0 radical (unpaired) electrons. The minimum Gasteiger partial charge on any atom is -0.360 e. The number of rotatable bonds is 5. The average molecular weight is 459 g/mol. The highest BCUT2D eigenvalue weighted by atomic mass is 16.2. The number of amides is 2. The van der Waals surface area contributed by atoms with E-state index in [1.54, 1.807) is 23.2 Å². The summed E-state index contributed by atoms with van der Waals surface area (Å²) in [6.07, 6.45) is 4.65. The number of nitrogens with zero attached hydrogens (tertiary/aromatic N) is 2. The lowest BCUT2D eigenvalue weighted by Crippen LogP contribution is -2.48. The fraction of sp³-hybridized carbons (Fsp3) is 0.370. The van der Waals surface area contributed by atoms with Crippen molar-refractivity contribution in [3.8, 4) is 0 Å². The summed E-state index contributed by atoms with van der Waals surface area (Å²) in [5.74, 6) is -0.602. The Morgan fingerprint density at radius 1 is 0.941 bits per heavy atom. The van der Waals surface area contributed by atoms with Crippen LogP contribution in [-0.4, -0.2) is 71.6 Å². The molecule has 0 aliphatic carbocycles. The fourth-order valence-electron chi connectivity index (χ4n) is 5.11. The summed E-state index contributed by atoms with van der Waals surface area (Å²) in [6, 6.07) is 15.8. The van der Waals surface area contributed by atoms with E-state index < -0.39 is 11.7 Å². The number of H-pyrrole nitrogens is 1. The Balaban J connectivity index is 1.33. The van der Waals surface area contributed by atoms with E-state index in [-0.39, 0.29) is 5.91 Å². The lowest BCUT2D eigenvalue weighted by Gasteiger charge is -2.33. The van der Waals surface area contributed by atoms with E-state index in [9.17, 15) is 14.4 Å². The van der Waals surface area contributed by atoms with Gasteiger partial charge in [-0.25, -0.2) is 0 Å². The molecule has 7 heteroatoms. The minimum absolute atomic E-state index is 0.0207. The second-order valence-corrected chi connectivity index (χ2v) is 9.28. The molecule has 0 bridgehead atoms. The van der Waals surface area contributed by atoms with Gasteiger partial charge in [-0.1, -0.05) is 30.3 Å². The number of carbonyl (C=O) groups is 3. The number of ketones is 1. The van der Waals surface area contributed by atoms with Crippen LogP contribution >= 0.6 is 0 Å². The minimum atomic E-state index is -0.529. The van der Waals surface area contributed by atoms with Gasteiger partial charge < -0.3 is 20.1 Å². The Kier molecular flexibility index (Phi) is 6.45. The molecule has 2 fully saturated rings. The first kappa shape index (κ1) is 22.3. The van der Waals surface area contributed by atoms with E-state index >= 15 is 0 Å². The fourth-order valence-corrected chi connectivity index (χ4v) is 5.11. The number of likely N-dealkylation sites (tertiary alicyclic amines) is 1. The van der Waals surface area contributed by atoms with Gasteiger partial charge in [-0.2, -0.15) is 0 Å². The Morgan fingerprint density at radius 3 is 2.53 bits per heavy atom. The number of piperazine rings is 1. The van der Waals surface area contributed by atoms with Gasteiger partial charge in [0.25, 0.3) is 17.6 Å². The monoisotopic (exact) mass is 458 g/mol. The van der Waals surface area contributed by atoms with Crippen molar-refractivity contribution in [3.05, 3.63) is 71.4 Å². The van der Waals surface area contributed by atoms with Crippen LogP contribution in [0.2, 0.25) is 0 Å². The van der Waals surface area contributed by atoms with Crippen molar-refractivity contribution in [2.24, 2.45) is 5.92 Å². The maximum Gasteiger partial charge on any atom is 0.295 e. The van der Waals surface area contributed by atoms with Crippen LogP contribution in [0.15, 0.2) is 54.7 Å². The number of aromatic amines is 1. The molecule has 1 unspecified atom stereocenters. The zero-order valence-corrected chi connectivity index (χ0v) is 19.3. The van der Waals surface area contributed by atoms with Gasteiger partial charge in [0.2, 0.25) is 0 Å². The van der Waals surface area contributed by atoms with Crippen LogP contribution in [0, 0.1) is 5.92 Å². The van der Waals surface area contributed by atoms with Gasteiger partial charge in [0.1, 0.15) is 0 Å². The van der Waals surface area contributed by atoms with Gasteiger partial charge in [0.05, 0.1) is 5.56 Å². The molecule has 2 amide bonds. The summed E-state index contributed by atoms with van der Waals surface area (Å²) < 4.78 is 0. The van der Waals surface area contributed by atoms with Gasteiger partial charge in [-0.15, -0.1) is 0 Å². The third kappa shape index (κ3) is 4.61. The van der Waals surface area contributed by atoms with Gasteiger partial charge in [-0.3, -0.25) is 14.4 Å². The second-order valence-electron chi connectivity index (χ2n) is 9.28. The first-order valence-electron chi connectivity index (χ1n) is 12.1. The van der Waals surface area contributed by atoms with Crippen molar-refractivity contribution in [3.63, 3.8) is 0 Å². The summed E-state index contributed by atoms with van der Waals surface area (Å²) in [4.78, 5) is 45.7. The smallest absolute Gasteiger partial charge is 0.295 e. The predicted molar refractivity (Wildman–Crippen MR) is 131 cm³/mol. The molecule has 1 aromatic heterocycles. The third-order valence-corrected chi connectivity index (χ3v) is 6.95. The van der Waals surface area contributed by atoms with Crippen molar-refractivity contribution < 1.29 is 14.4 Å². The highest BCUT2D eigenvalue weighted by Crippen LogP contribution is 2.25. The number of hydrogen-bond acceptors (Lipinski definition) is 4. The Labute approximate surface area is 199 Å². The van der Waals surface area contributed by atoms with Gasteiger partial charge >= 0.3 is 0 Å². The zero-order valence-electron chi connectivity index (χ0n) is 19.3. The molecule has 1 atom stereocenters. The molecule has 2 aliphatic rings. The second kappa shape index (κ2) is 9.81. The third-order valence-electron chi connectivity index (χ3n) is 6.95. The standard InChI is InChI=1S/C27H30N4O3/c32-25(27(34)30-13-10-28-11-14-30)23-17-29-24-9-8-21(16-22(23)24)26(33)31-12-4-7-20(18-31)15-19-5-2-1-3-6-19/h1-3,5-6,8-9,16-17,20,28-29H,4,7,10-15,18H2. The number of hydrogen-bond donors (Lipinski definition) is 2. The Morgan fingerprint density at radius 2 is 1.74 bits per heavy atom. The first-order chi connectivity index (χ1) is 16.6. The van der Waals surface area contributed by atoms with Crippen molar-refractivity contribution in [2.45, 2.75) is 19.3 Å². The van der Waals surface area contributed by atoms with Crippen LogP contribution in [0.1, 0.15) is 39.1 Å². The number of nitrogens with one attached hydrogen (secondary N) is 2. The number of Topliss-reactive ketones (excluding diaryl/α,β-unsaturated/α-hetero) is 1. The van der Waals surface area contributed by atoms with Crippen molar-refractivity contribution >= 4 is 28.5 Å². The molecule has 0 spiro atoms. The lowest BCUT2D eigenvalue weighted by molar-refractivity contribution is -0.126. The van der Waals surface area contributed by atoms with E-state index in [4.69, 9.17) is 0 Å². The molecule has 2 aromatic carbocycles. The quantitative estimate of drug-likeness (QED) is 0.455. The highest BCUT2D eigenvalue weighted by molar-refractivity contribution is 6.44. The molecule has 3 heterocycles. The Hall–Kier alpha value is -3.45. The molecule has 0 saturated carbocycles. The summed E-state index contributed by atoms with van der Waals surface area (Å²) >= 11 is 0. The van der Waals surface area contributed by atoms with E-state index in [2.05, 4.69) is 34.6 Å². The summed E-state index contributed by atoms with van der Waals surface area (Å²) in [5, 5.41) is 3.81. The van der Waals surface area contributed by atoms with Crippen LogP contribution < -0.4 is 5.32 Å². The molecule has 2 N–H and O–H groups in total. The van der Waals surface area contributed by atoms with Crippen molar-refractivity contribution in [2.75, 3.05) is 39.3 Å². The van der Waals surface area contributed by atoms with E-state index in [1.165, 1.54) is 5.56 Å². The van der Waals surface area contributed by atoms with Crippen LogP contribution in [0.25, 0.3) is 10.9 Å². The molecular formula is C27H30N4O3. The summed E-state index contributed by atoms with van der Waals surface area (Å²) in [6.45, 7) is 3.89. The van der Waals surface area contributed by atoms with Crippen LogP contribution in [-0.2, 0) is 11.2 Å². The number of aromatic nitrogens is 1. The predicted octanol–water partition coefficient (Wildman–Crippen LogP) is 2.88. The maximum absolute atomic E-state index is 13.4. The van der Waals surface area contributed by atoms with E-state index in [0.717, 1.165) is 37.9 Å². The largest absolute Gasteiger partial charge is 0.360 e. The van der Waals surface area contributed by atoms with E-state index in [1.807, 2.05) is 17.0 Å². The normalized spacial score (nSPS) is 18.8. The summed E-state index contributed by atoms with van der Waals surface area (Å²) in [5.41, 5.74) is 2.92. The number of benzene rings is 2. The van der Waals surface area contributed by atoms with Crippen molar-refractivity contribution in [1.29, 1.82) is 0 Å². The molecule has 34 heavy (non-hydrogen) atoms. The van der Waals surface area contributed by atoms with Crippen LogP contribution in [0.5, 0.6) is 0 Å². The molecule has 2 saturated heterocycles. The van der Waals surface area contributed by atoms with Gasteiger partial charge in [0, 0.05) is 61.9 Å². The van der Waals surface area contributed by atoms with Crippen molar-refractivity contribution in [1.82, 2.24) is 20.1 Å². The van der Waals surface area contributed by atoms with Crippen LogP contribution in [0.3, 0.4) is 0 Å². The number of carbonyl (C=O) groups excluding carboxylic acids is 3. The first-order valence-corrected chi connectivity index (χ1v) is 12.1. The molecule has 7 nitrogen and oxygen atoms in total. The SMILES string of the molecule is O=C(C(=O)N1CCNCC1)c1c[nH]c2ccc(C(=O)N3CCCC(Cc4ccccc4)C3)cc12. The molecule has 176 valence electrons. The van der Waals surface area contributed by atoms with Crippen LogP contribution in [0.4, 0.5) is 0 Å². The number of fused-ring (bicyclic) bond motifs is 1. The maximum atomic E-state index is 13.4. The van der Waals surface area contributed by atoms with Gasteiger partial charge in [0.15, 0.2) is 0 Å².